The summed E-state index contributed by atoms with van der Waals surface area (Å²) in [5.74, 6) is 0. The maximum atomic E-state index is 3.95. The third-order valence-corrected chi connectivity index (χ3v) is 1.73. The molecule has 1 aromatic carbocycles. The van der Waals surface area contributed by atoms with E-state index >= 15 is 0 Å². The molecule has 0 radical (unpaired) electrons. The van der Waals surface area contributed by atoms with E-state index in [0.717, 1.165) is 17.8 Å². The van der Waals surface area contributed by atoms with E-state index in [-0.39, 0.29) is 0 Å². The molecule has 0 amide bonds. The van der Waals surface area contributed by atoms with Crippen LogP contribution in [0.1, 0.15) is 13.3 Å². The van der Waals surface area contributed by atoms with Gasteiger partial charge in [-0.25, -0.2) is 5.53 Å². The standard InChI is InChI=1S/C10H16N4/c1-3-8-12-14-13-10-7-5-4-6-9(10)11-2/h4-8,11,13-14H,3H2,1-2H3/b12-8-. The molecule has 0 saturated carbocycles. The van der Waals surface area contributed by atoms with Crippen LogP contribution in [0.4, 0.5) is 11.4 Å². The van der Waals surface area contributed by atoms with Crippen LogP contribution in [0.25, 0.3) is 0 Å². The van der Waals surface area contributed by atoms with Crippen LogP contribution >= 0.6 is 0 Å². The minimum atomic E-state index is 0.919. The third kappa shape index (κ3) is 2.97. The molecule has 0 spiro atoms. The smallest absolute Gasteiger partial charge is 0.0786 e. The summed E-state index contributed by atoms with van der Waals surface area (Å²) in [4.78, 5) is 0. The van der Waals surface area contributed by atoms with Gasteiger partial charge in [-0.15, -0.1) is 0 Å². The second-order valence-electron chi connectivity index (χ2n) is 2.75. The first-order valence-electron chi connectivity index (χ1n) is 4.67. The number of hydrogen-bond donors (Lipinski definition) is 3. The minimum Gasteiger partial charge on any atom is -0.386 e. The van der Waals surface area contributed by atoms with Crippen LogP contribution in [0, 0.1) is 0 Å². The minimum absolute atomic E-state index is 0.919. The summed E-state index contributed by atoms with van der Waals surface area (Å²) >= 11 is 0. The zero-order valence-electron chi connectivity index (χ0n) is 8.54. The van der Waals surface area contributed by atoms with E-state index in [0.29, 0.717) is 0 Å². The number of rotatable bonds is 5. The van der Waals surface area contributed by atoms with Gasteiger partial charge in [-0.1, -0.05) is 19.1 Å². The zero-order valence-corrected chi connectivity index (χ0v) is 8.54. The maximum Gasteiger partial charge on any atom is 0.0786 e. The Kier molecular flexibility index (Phi) is 4.34. The molecule has 0 unspecified atom stereocenters. The van der Waals surface area contributed by atoms with Crippen molar-refractivity contribution in [3.8, 4) is 0 Å². The van der Waals surface area contributed by atoms with Crippen molar-refractivity contribution < 1.29 is 0 Å². The SMILES string of the molecule is CC/C=N\NNc1ccccc1NC. The van der Waals surface area contributed by atoms with Crippen molar-refractivity contribution in [2.75, 3.05) is 17.8 Å². The Bertz CT molecular complexity index is 296. The molecule has 0 aromatic heterocycles. The second kappa shape index (κ2) is 5.85. The number of hydrazone groups is 1. The molecular weight excluding hydrogens is 176 g/mol. The number of hydrogen-bond acceptors (Lipinski definition) is 4. The van der Waals surface area contributed by atoms with Crippen LogP contribution in [0.5, 0.6) is 0 Å². The fraction of sp³-hybridized carbons (Fsp3) is 0.300. The molecule has 0 fully saturated rings. The first-order valence-corrected chi connectivity index (χ1v) is 4.67. The quantitative estimate of drug-likeness (QED) is 0.494. The van der Waals surface area contributed by atoms with Gasteiger partial charge in [0, 0.05) is 13.3 Å². The summed E-state index contributed by atoms with van der Waals surface area (Å²) in [5, 5.41) is 7.03. The molecule has 4 heteroatoms. The Balaban J connectivity index is 2.53. The molecule has 0 saturated heterocycles. The van der Waals surface area contributed by atoms with Gasteiger partial charge >= 0.3 is 0 Å². The zero-order chi connectivity index (χ0) is 10.2. The lowest BCUT2D eigenvalue weighted by Crippen LogP contribution is -2.15. The monoisotopic (exact) mass is 192 g/mol. The maximum absolute atomic E-state index is 3.95. The molecule has 0 atom stereocenters. The fourth-order valence-corrected chi connectivity index (χ4v) is 1.04. The normalized spacial score (nSPS) is 10.1. The van der Waals surface area contributed by atoms with Gasteiger partial charge in [0.25, 0.3) is 0 Å². The van der Waals surface area contributed by atoms with E-state index in [9.17, 15) is 0 Å². The van der Waals surface area contributed by atoms with Crippen LogP contribution < -0.4 is 16.3 Å². The lowest BCUT2D eigenvalue weighted by Gasteiger charge is -2.09. The van der Waals surface area contributed by atoms with Crippen molar-refractivity contribution in [1.82, 2.24) is 5.53 Å². The molecule has 1 aromatic rings. The van der Waals surface area contributed by atoms with E-state index in [4.69, 9.17) is 0 Å². The molecule has 76 valence electrons. The average Bonchev–Trinajstić information content (AvgIpc) is 2.25. The van der Waals surface area contributed by atoms with Gasteiger partial charge in [-0.3, -0.25) is 5.43 Å². The Morgan fingerprint density at radius 2 is 2.00 bits per heavy atom. The highest BCUT2D eigenvalue weighted by Crippen LogP contribution is 2.18. The highest BCUT2D eigenvalue weighted by Gasteiger charge is 1.95. The van der Waals surface area contributed by atoms with Crippen LogP contribution in [0.15, 0.2) is 29.4 Å². The predicted octanol–water partition coefficient (Wildman–Crippen LogP) is 2.04. The summed E-state index contributed by atoms with van der Waals surface area (Å²) in [7, 11) is 1.88. The number of para-hydroxylation sites is 2. The summed E-state index contributed by atoms with van der Waals surface area (Å²) < 4.78 is 0. The Morgan fingerprint density at radius 3 is 2.64 bits per heavy atom. The molecule has 1 rings (SSSR count). The van der Waals surface area contributed by atoms with Crippen molar-refractivity contribution in [2.45, 2.75) is 13.3 Å². The number of benzene rings is 1. The first kappa shape index (κ1) is 10.4. The number of nitrogens with one attached hydrogen (secondary N) is 3. The molecule has 14 heavy (non-hydrogen) atoms. The van der Waals surface area contributed by atoms with Crippen LogP contribution in [0.2, 0.25) is 0 Å². The van der Waals surface area contributed by atoms with Crippen molar-refractivity contribution in [1.29, 1.82) is 0 Å². The van der Waals surface area contributed by atoms with Crippen molar-refractivity contribution in [3.63, 3.8) is 0 Å². The summed E-state index contributed by atoms with van der Waals surface area (Å²) in [6.07, 6.45) is 2.72. The number of nitrogens with zero attached hydrogens (tertiary/aromatic N) is 1. The van der Waals surface area contributed by atoms with Crippen molar-refractivity contribution in [2.24, 2.45) is 5.10 Å². The summed E-state index contributed by atoms with van der Waals surface area (Å²) in [5.41, 5.74) is 7.75. The predicted molar refractivity (Wildman–Crippen MR) is 61.5 cm³/mol. The van der Waals surface area contributed by atoms with Gasteiger partial charge in [-0.05, 0) is 18.6 Å². The third-order valence-electron chi connectivity index (χ3n) is 1.73. The molecule has 3 N–H and O–H groups in total. The molecule has 0 aliphatic carbocycles. The molecular formula is C10H16N4. The topological polar surface area (TPSA) is 48.5 Å². The molecule has 0 aliphatic heterocycles. The Labute approximate surface area is 84.4 Å². The van der Waals surface area contributed by atoms with E-state index < -0.39 is 0 Å². The molecule has 0 aliphatic rings. The van der Waals surface area contributed by atoms with Gasteiger partial charge in [0.2, 0.25) is 0 Å². The van der Waals surface area contributed by atoms with Gasteiger partial charge in [0.15, 0.2) is 0 Å². The van der Waals surface area contributed by atoms with E-state index in [1.807, 2.05) is 38.2 Å². The van der Waals surface area contributed by atoms with Crippen LogP contribution in [-0.4, -0.2) is 13.3 Å². The second-order valence-corrected chi connectivity index (χ2v) is 2.75. The summed E-state index contributed by atoms with van der Waals surface area (Å²) in [6, 6.07) is 7.91. The van der Waals surface area contributed by atoms with Gasteiger partial charge in [0.1, 0.15) is 0 Å². The van der Waals surface area contributed by atoms with Gasteiger partial charge in [-0.2, -0.15) is 5.10 Å². The first-order chi connectivity index (χ1) is 6.88. The number of hydrazine groups is 1. The average molecular weight is 192 g/mol. The van der Waals surface area contributed by atoms with E-state index in [2.05, 4.69) is 21.4 Å². The largest absolute Gasteiger partial charge is 0.386 e. The van der Waals surface area contributed by atoms with Gasteiger partial charge in [0.05, 0.1) is 11.4 Å². The van der Waals surface area contributed by atoms with E-state index in [1.54, 1.807) is 6.21 Å². The number of anilines is 2. The fourth-order valence-electron chi connectivity index (χ4n) is 1.04. The van der Waals surface area contributed by atoms with Crippen molar-refractivity contribution >= 4 is 17.6 Å². The van der Waals surface area contributed by atoms with Crippen LogP contribution in [0.3, 0.4) is 0 Å². The van der Waals surface area contributed by atoms with Crippen LogP contribution in [-0.2, 0) is 0 Å². The Morgan fingerprint density at radius 1 is 1.29 bits per heavy atom. The molecule has 4 nitrogen and oxygen atoms in total. The van der Waals surface area contributed by atoms with Gasteiger partial charge < -0.3 is 5.32 Å². The molecule has 0 bridgehead atoms. The highest BCUT2D eigenvalue weighted by atomic mass is 15.6. The molecule has 0 heterocycles. The highest BCUT2D eigenvalue weighted by molar-refractivity contribution is 5.67. The lowest BCUT2D eigenvalue weighted by atomic mass is 10.3. The van der Waals surface area contributed by atoms with E-state index in [1.165, 1.54) is 0 Å². The summed E-state index contributed by atoms with van der Waals surface area (Å²) in [6.45, 7) is 2.03. The Hall–Kier alpha value is -1.71. The van der Waals surface area contributed by atoms with Crippen molar-refractivity contribution in [3.05, 3.63) is 24.3 Å². The lowest BCUT2D eigenvalue weighted by molar-refractivity contribution is 0.878.